The molecule has 1 aromatic heterocycles. The molecular weight excluding hydrogens is 268 g/mol. The summed E-state index contributed by atoms with van der Waals surface area (Å²) in [5.41, 5.74) is 0.581. The Morgan fingerprint density at radius 3 is 2.86 bits per heavy atom. The highest BCUT2D eigenvalue weighted by Crippen LogP contribution is 2.18. The summed E-state index contributed by atoms with van der Waals surface area (Å²) in [4.78, 5) is 20.3. The lowest BCUT2D eigenvalue weighted by molar-refractivity contribution is -0.131. The van der Waals surface area contributed by atoms with Crippen LogP contribution in [0.2, 0.25) is 0 Å². The maximum Gasteiger partial charge on any atom is 0.222 e. The van der Waals surface area contributed by atoms with Gasteiger partial charge in [0.05, 0.1) is 5.56 Å². The van der Waals surface area contributed by atoms with Crippen LogP contribution in [0.25, 0.3) is 0 Å². The topological polar surface area (TPSA) is 69.5 Å². The number of ether oxygens (including phenoxy) is 1. The first-order chi connectivity index (χ1) is 10.3. The minimum absolute atomic E-state index is 0.174. The Morgan fingerprint density at radius 1 is 1.43 bits per heavy atom. The van der Waals surface area contributed by atoms with Gasteiger partial charge in [0.2, 0.25) is 5.91 Å². The van der Waals surface area contributed by atoms with Crippen LogP contribution in [0.3, 0.4) is 0 Å². The van der Waals surface area contributed by atoms with Gasteiger partial charge in [0.25, 0.3) is 0 Å². The first kappa shape index (κ1) is 15.3. The SMILES string of the molecule is COCCCC(=O)N1CCN(c2ncccc2C#N)CC1. The Balaban J connectivity index is 1.88. The van der Waals surface area contributed by atoms with Gasteiger partial charge in [0.1, 0.15) is 11.9 Å². The van der Waals surface area contributed by atoms with Crippen molar-refractivity contribution in [1.82, 2.24) is 9.88 Å². The third-order valence-electron chi connectivity index (χ3n) is 3.58. The van der Waals surface area contributed by atoms with Gasteiger partial charge in [-0.15, -0.1) is 0 Å². The smallest absolute Gasteiger partial charge is 0.222 e. The molecule has 0 bridgehead atoms. The standard InChI is InChI=1S/C15H20N4O2/c1-21-11-3-5-14(20)18-7-9-19(10-8-18)15-13(12-16)4-2-6-17-15/h2,4,6H,3,5,7-11H2,1H3. The number of carbonyl (C=O) groups excluding carboxylic acids is 1. The molecule has 112 valence electrons. The number of rotatable bonds is 5. The Hall–Kier alpha value is -2.13. The lowest BCUT2D eigenvalue weighted by atomic mass is 10.2. The van der Waals surface area contributed by atoms with Gasteiger partial charge in [-0.1, -0.05) is 0 Å². The molecule has 1 amide bonds. The van der Waals surface area contributed by atoms with E-state index < -0.39 is 0 Å². The van der Waals surface area contributed by atoms with Crippen LogP contribution in [0.15, 0.2) is 18.3 Å². The monoisotopic (exact) mass is 288 g/mol. The van der Waals surface area contributed by atoms with Crippen molar-refractivity contribution in [3.63, 3.8) is 0 Å². The number of piperazine rings is 1. The minimum atomic E-state index is 0.174. The lowest BCUT2D eigenvalue weighted by Crippen LogP contribution is -2.49. The molecule has 0 radical (unpaired) electrons. The fourth-order valence-electron chi connectivity index (χ4n) is 2.43. The highest BCUT2D eigenvalue weighted by atomic mass is 16.5. The summed E-state index contributed by atoms with van der Waals surface area (Å²) in [5, 5.41) is 9.12. The molecule has 1 aromatic rings. The van der Waals surface area contributed by atoms with Crippen LogP contribution < -0.4 is 4.90 Å². The van der Waals surface area contributed by atoms with Gasteiger partial charge in [-0.25, -0.2) is 4.98 Å². The average molecular weight is 288 g/mol. The van der Waals surface area contributed by atoms with E-state index in [0.717, 1.165) is 6.42 Å². The van der Waals surface area contributed by atoms with E-state index in [9.17, 15) is 4.79 Å². The fourth-order valence-corrected chi connectivity index (χ4v) is 2.43. The number of hydrogen-bond acceptors (Lipinski definition) is 5. The van der Waals surface area contributed by atoms with Crippen molar-refractivity contribution in [2.45, 2.75) is 12.8 Å². The van der Waals surface area contributed by atoms with Gasteiger partial charge in [-0.2, -0.15) is 5.26 Å². The first-order valence-electron chi connectivity index (χ1n) is 7.13. The zero-order chi connectivity index (χ0) is 15.1. The van der Waals surface area contributed by atoms with E-state index in [4.69, 9.17) is 10.00 Å². The van der Waals surface area contributed by atoms with Crippen molar-refractivity contribution in [2.24, 2.45) is 0 Å². The van der Waals surface area contributed by atoms with Crippen molar-refractivity contribution < 1.29 is 9.53 Å². The van der Waals surface area contributed by atoms with Gasteiger partial charge in [0, 0.05) is 52.5 Å². The fraction of sp³-hybridized carbons (Fsp3) is 0.533. The Kier molecular flexibility index (Phi) is 5.52. The number of carbonyl (C=O) groups is 1. The van der Waals surface area contributed by atoms with Gasteiger partial charge >= 0.3 is 0 Å². The molecule has 0 aliphatic carbocycles. The van der Waals surface area contributed by atoms with Crippen molar-refractivity contribution in [1.29, 1.82) is 5.26 Å². The second-order valence-corrected chi connectivity index (χ2v) is 4.95. The number of amides is 1. The maximum atomic E-state index is 12.0. The molecule has 0 unspecified atom stereocenters. The molecule has 1 saturated heterocycles. The van der Waals surface area contributed by atoms with Crippen molar-refractivity contribution in [2.75, 3.05) is 44.8 Å². The molecule has 1 aliphatic heterocycles. The molecule has 0 N–H and O–H groups in total. The molecule has 6 nitrogen and oxygen atoms in total. The van der Waals surface area contributed by atoms with Crippen LogP contribution >= 0.6 is 0 Å². The number of nitriles is 1. The summed E-state index contributed by atoms with van der Waals surface area (Å²) in [6.07, 6.45) is 2.98. The Bertz CT molecular complexity index is 519. The van der Waals surface area contributed by atoms with Crippen LogP contribution in [0, 0.1) is 11.3 Å². The third-order valence-corrected chi connectivity index (χ3v) is 3.58. The summed E-state index contributed by atoms with van der Waals surface area (Å²) in [5.74, 6) is 0.889. The van der Waals surface area contributed by atoms with Crippen molar-refractivity contribution >= 4 is 11.7 Å². The molecule has 2 rings (SSSR count). The zero-order valence-electron chi connectivity index (χ0n) is 12.3. The Morgan fingerprint density at radius 2 is 2.19 bits per heavy atom. The van der Waals surface area contributed by atoms with E-state index in [-0.39, 0.29) is 5.91 Å². The van der Waals surface area contributed by atoms with E-state index in [0.29, 0.717) is 50.6 Å². The van der Waals surface area contributed by atoms with E-state index in [1.807, 2.05) is 4.90 Å². The average Bonchev–Trinajstić information content (AvgIpc) is 2.55. The molecule has 0 atom stereocenters. The molecule has 1 fully saturated rings. The van der Waals surface area contributed by atoms with Gasteiger partial charge in [0.15, 0.2) is 0 Å². The van der Waals surface area contributed by atoms with Crippen LogP contribution in [0.1, 0.15) is 18.4 Å². The second kappa shape index (κ2) is 7.60. The lowest BCUT2D eigenvalue weighted by Gasteiger charge is -2.35. The molecule has 0 aromatic carbocycles. The number of aromatic nitrogens is 1. The number of anilines is 1. The molecule has 1 aliphatic rings. The molecular formula is C15H20N4O2. The van der Waals surface area contributed by atoms with Crippen LogP contribution in [0.4, 0.5) is 5.82 Å². The highest BCUT2D eigenvalue weighted by Gasteiger charge is 2.22. The van der Waals surface area contributed by atoms with Gasteiger partial charge in [-0.05, 0) is 18.6 Å². The predicted octanol–water partition coefficient (Wildman–Crippen LogP) is 1.03. The maximum absolute atomic E-state index is 12.0. The quantitative estimate of drug-likeness (QED) is 0.757. The van der Waals surface area contributed by atoms with E-state index in [1.54, 1.807) is 25.4 Å². The number of pyridine rings is 1. The summed E-state index contributed by atoms with van der Waals surface area (Å²) in [6.45, 7) is 3.38. The van der Waals surface area contributed by atoms with Crippen LogP contribution in [-0.4, -0.2) is 55.7 Å². The predicted molar refractivity (Wildman–Crippen MR) is 78.9 cm³/mol. The third kappa shape index (κ3) is 3.92. The molecule has 2 heterocycles. The normalized spacial score (nSPS) is 14.9. The number of methoxy groups -OCH3 is 1. The van der Waals surface area contributed by atoms with Crippen LogP contribution in [-0.2, 0) is 9.53 Å². The number of nitrogens with zero attached hydrogens (tertiary/aromatic N) is 4. The van der Waals surface area contributed by atoms with E-state index in [1.165, 1.54) is 0 Å². The van der Waals surface area contributed by atoms with Crippen molar-refractivity contribution in [3.8, 4) is 6.07 Å². The largest absolute Gasteiger partial charge is 0.385 e. The van der Waals surface area contributed by atoms with Gasteiger partial charge in [-0.3, -0.25) is 4.79 Å². The summed E-state index contributed by atoms with van der Waals surface area (Å²) >= 11 is 0. The Labute approximate surface area is 124 Å². The molecule has 0 spiro atoms. The summed E-state index contributed by atoms with van der Waals surface area (Å²) in [7, 11) is 1.64. The molecule has 21 heavy (non-hydrogen) atoms. The summed E-state index contributed by atoms with van der Waals surface area (Å²) in [6, 6.07) is 5.69. The van der Waals surface area contributed by atoms with E-state index in [2.05, 4.69) is 16.0 Å². The first-order valence-corrected chi connectivity index (χ1v) is 7.13. The van der Waals surface area contributed by atoms with E-state index >= 15 is 0 Å². The van der Waals surface area contributed by atoms with Crippen LogP contribution in [0.5, 0.6) is 0 Å². The van der Waals surface area contributed by atoms with Crippen molar-refractivity contribution in [3.05, 3.63) is 23.9 Å². The minimum Gasteiger partial charge on any atom is -0.385 e. The second-order valence-electron chi connectivity index (χ2n) is 4.95. The molecule has 0 saturated carbocycles. The highest BCUT2D eigenvalue weighted by molar-refractivity contribution is 5.76. The zero-order valence-corrected chi connectivity index (χ0v) is 12.3. The summed E-state index contributed by atoms with van der Waals surface area (Å²) < 4.78 is 4.96. The molecule has 6 heteroatoms. The van der Waals surface area contributed by atoms with Gasteiger partial charge < -0.3 is 14.5 Å². The number of hydrogen-bond donors (Lipinski definition) is 0.